The molecule has 0 saturated carbocycles. The van der Waals surface area contributed by atoms with E-state index in [2.05, 4.69) is 11.0 Å². The molecule has 0 aromatic heterocycles. The lowest BCUT2D eigenvalue weighted by Crippen LogP contribution is -2.42. The summed E-state index contributed by atoms with van der Waals surface area (Å²) in [5, 5.41) is 19.4. The van der Waals surface area contributed by atoms with Crippen molar-refractivity contribution in [2.24, 2.45) is 5.92 Å². The van der Waals surface area contributed by atoms with E-state index in [1.807, 2.05) is 13.0 Å². The van der Waals surface area contributed by atoms with Gasteiger partial charge in [-0.25, -0.2) is 0 Å². The van der Waals surface area contributed by atoms with E-state index in [-0.39, 0.29) is 12.0 Å². The van der Waals surface area contributed by atoms with E-state index in [0.29, 0.717) is 10.6 Å². The summed E-state index contributed by atoms with van der Waals surface area (Å²) in [6.07, 6.45) is 0.512. The first-order chi connectivity index (χ1) is 8.11. The number of benzene rings is 1. The third-order valence-corrected chi connectivity index (χ3v) is 3.51. The van der Waals surface area contributed by atoms with E-state index in [9.17, 15) is 5.11 Å². The standard InChI is InChI=1S/C13H15ClN2O/c1-9-8-16(5-4-13(9)17)12-3-2-11(14)6-10(12)7-15/h2-3,6,9,13,17H,4-5,8H2,1H3. The molecule has 3 nitrogen and oxygen atoms in total. The van der Waals surface area contributed by atoms with Crippen molar-refractivity contribution in [3.8, 4) is 6.07 Å². The van der Waals surface area contributed by atoms with Gasteiger partial charge in [0.25, 0.3) is 0 Å². The molecular formula is C13H15ClN2O. The summed E-state index contributed by atoms with van der Waals surface area (Å²) in [5.41, 5.74) is 1.51. The molecule has 90 valence electrons. The van der Waals surface area contributed by atoms with E-state index >= 15 is 0 Å². The summed E-state index contributed by atoms with van der Waals surface area (Å²) in [6, 6.07) is 7.54. The zero-order valence-corrected chi connectivity index (χ0v) is 10.5. The Bertz CT molecular complexity index is 455. The Morgan fingerprint density at radius 3 is 2.94 bits per heavy atom. The van der Waals surface area contributed by atoms with Gasteiger partial charge in [-0.15, -0.1) is 0 Å². The van der Waals surface area contributed by atoms with Gasteiger partial charge in [0, 0.05) is 18.1 Å². The molecule has 1 aromatic carbocycles. The highest BCUT2D eigenvalue weighted by atomic mass is 35.5. The summed E-state index contributed by atoms with van der Waals surface area (Å²) in [4.78, 5) is 2.15. The van der Waals surface area contributed by atoms with Crippen molar-refractivity contribution in [1.82, 2.24) is 0 Å². The van der Waals surface area contributed by atoms with Crippen molar-refractivity contribution in [3.05, 3.63) is 28.8 Å². The van der Waals surface area contributed by atoms with E-state index < -0.39 is 0 Å². The molecule has 1 heterocycles. The second-order valence-electron chi connectivity index (χ2n) is 4.55. The average molecular weight is 251 g/mol. The average Bonchev–Trinajstić information content (AvgIpc) is 2.32. The Kier molecular flexibility index (Phi) is 3.56. The molecule has 0 amide bonds. The fourth-order valence-electron chi connectivity index (χ4n) is 2.23. The van der Waals surface area contributed by atoms with Gasteiger partial charge in [-0.2, -0.15) is 5.26 Å². The Balaban J connectivity index is 2.26. The quantitative estimate of drug-likeness (QED) is 0.833. The first kappa shape index (κ1) is 12.2. The zero-order chi connectivity index (χ0) is 12.4. The summed E-state index contributed by atoms with van der Waals surface area (Å²) in [7, 11) is 0. The molecule has 1 aliphatic heterocycles. The predicted octanol–water partition coefficient (Wildman–Crippen LogP) is 2.42. The SMILES string of the molecule is CC1CN(c2ccc(Cl)cc2C#N)CCC1O. The van der Waals surface area contributed by atoms with Crippen LogP contribution in [0.25, 0.3) is 0 Å². The van der Waals surface area contributed by atoms with Gasteiger partial charge in [0.1, 0.15) is 6.07 Å². The van der Waals surface area contributed by atoms with Crippen LogP contribution in [0.1, 0.15) is 18.9 Å². The van der Waals surface area contributed by atoms with Crippen LogP contribution < -0.4 is 4.90 Å². The minimum Gasteiger partial charge on any atom is -0.393 e. The molecule has 2 unspecified atom stereocenters. The topological polar surface area (TPSA) is 47.3 Å². The third-order valence-electron chi connectivity index (χ3n) is 3.28. The zero-order valence-electron chi connectivity index (χ0n) is 9.73. The van der Waals surface area contributed by atoms with Crippen molar-refractivity contribution in [2.45, 2.75) is 19.4 Å². The normalized spacial score (nSPS) is 24.5. The second-order valence-corrected chi connectivity index (χ2v) is 4.99. The number of halogens is 1. The number of nitrogens with zero attached hydrogens (tertiary/aromatic N) is 2. The lowest BCUT2D eigenvalue weighted by molar-refractivity contribution is 0.0971. The van der Waals surface area contributed by atoms with Crippen molar-refractivity contribution < 1.29 is 5.11 Å². The van der Waals surface area contributed by atoms with Gasteiger partial charge in [0.2, 0.25) is 0 Å². The maximum atomic E-state index is 9.70. The van der Waals surface area contributed by atoms with Crippen molar-refractivity contribution >= 4 is 17.3 Å². The van der Waals surface area contributed by atoms with E-state index in [1.165, 1.54) is 0 Å². The Labute approximate surface area is 106 Å². The van der Waals surface area contributed by atoms with Crippen LogP contribution in [-0.4, -0.2) is 24.3 Å². The first-order valence-electron chi connectivity index (χ1n) is 5.74. The highest BCUT2D eigenvalue weighted by molar-refractivity contribution is 6.30. The summed E-state index contributed by atoms with van der Waals surface area (Å²) in [5.74, 6) is 0.228. The maximum Gasteiger partial charge on any atom is 0.101 e. The number of piperidine rings is 1. The highest BCUT2D eigenvalue weighted by Crippen LogP contribution is 2.28. The van der Waals surface area contributed by atoms with Crippen LogP contribution in [-0.2, 0) is 0 Å². The van der Waals surface area contributed by atoms with Crippen LogP contribution in [0.15, 0.2) is 18.2 Å². The molecule has 1 aromatic rings. The van der Waals surface area contributed by atoms with Gasteiger partial charge >= 0.3 is 0 Å². The van der Waals surface area contributed by atoms with Crippen LogP contribution in [0.3, 0.4) is 0 Å². The minimum absolute atomic E-state index is 0.228. The largest absolute Gasteiger partial charge is 0.393 e. The maximum absolute atomic E-state index is 9.70. The molecule has 1 aliphatic rings. The lowest BCUT2D eigenvalue weighted by atomic mass is 9.96. The number of aliphatic hydroxyl groups excluding tert-OH is 1. The van der Waals surface area contributed by atoms with E-state index in [4.69, 9.17) is 16.9 Å². The molecule has 0 aliphatic carbocycles. The monoisotopic (exact) mass is 250 g/mol. The number of hydrogen-bond donors (Lipinski definition) is 1. The smallest absolute Gasteiger partial charge is 0.101 e. The minimum atomic E-state index is -0.232. The number of nitriles is 1. The summed E-state index contributed by atoms with van der Waals surface area (Å²) < 4.78 is 0. The Morgan fingerprint density at radius 2 is 2.29 bits per heavy atom. The van der Waals surface area contributed by atoms with Crippen molar-refractivity contribution in [1.29, 1.82) is 5.26 Å². The molecule has 2 atom stereocenters. The molecule has 1 N–H and O–H groups in total. The van der Waals surface area contributed by atoms with Crippen molar-refractivity contribution in [2.75, 3.05) is 18.0 Å². The highest BCUT2D eigenvalue weighted by Gasteiger charge is 2.25. The molecule has 0 spiro atoms. The van der Waals surface area contributed by atoms with Gasteiger partial charge in [0.15, 0.2) is 0 Å². The molecule has 1 fully saturated rings. The van der Waals surface area contributed by atoms with Gasteiger partial charge in [-0.1, -0.05) is 18.5 Å². The number of hydrogen-bond acceptors (Lipinski definition) is 3. The number of anilines is 1. The van der Waals surface area contributed by atoms with E-state index in [1.54, 1.807) is 12.1 Å². The van der Waals surface area contributed by atoms with Gasteiger partial charge in [0.05, 0.1) is 17.4 Å². The Hall–Kier alpha value is -1.24. The van der Waals surface area contributed by atoms with Crippen LogP contribution in [0.5, 0.6) is 0 Å². The molecule has 0 radical (unpaired) electrons. The van der Waals surface area contributed by atoms with Crippen LogP contribution in [0.2, 0.25) is 5.02 Å². The third kappa shape index (κ3) is 2.54. The van der Waals surface area contributed by atoms with Crippen LogP contribution in [0, 0.1) is 17.2 Å². The van der Waals surface area contributed by atoms with Crippen LogP contribution in [0.4, 0.5) is 5.69 Å². The first-order valence-corrected chi connectivity index (χ1v) is 6.12. The van der Waals surface area contributed by atoms with Crippen molar-refractivity contribution in [3.63, 3.8) is 0 Å². The number of rotatable bonds is 1. The fourth-order valence-corrected chi connectivity index (χ4v) is 2.40. The Morgan fingerprint density at radius 1 is 1.53 bits per heavy atom. The van der Waals surface area contributed by atoms with Crippen LogP contribution >= 0.6 is 11.6 Å². The van der Waals surface area contributed by atoms with Gasteiger partial charge in [-0.05, 0) is 30.5 Å². The van der Waals surface area contributed by atoms with Gasteiger partial charge < -0.3 is 10.0 Å². The molecule has 17 heavy (non-hydrogen) atoms. The molecule has 2 rings (SSSR count). The summed E-state index contributed by atoms with van der Waals surface area (Å²) in [6.45, 7) is 3.58. The molecular weight excluding hydrogens is 236 g/mol. The molecule has 0 bridgehead atoms. The predicted molar refractivity (Wildman–Crippen MR) is 68.2 cm³/mol. The fraction of sp³-hybridized carbons (Fsp3) is 0.462. The lowest BCUT2D eigenvalue weighted by Gasteiger charge is -2.36. The summed E-state index contributed by atoms with van der Waals surface area (Å²) >= 11 is 5.88. The number of aliphatic hydroxyl groups is 1. The molecule has 1 saturated heterocycles. The molecule has 4 heteroatoms. The van der Waals surface area contributed by atoms with Gasteiger partial charge in [-0.3, -0.25) is 0 Å². The van der Waals surface area contributed by atoms with E-state index in [0.717, 1.165) is 25.2 Å². The second kappa shape index (κ2) is 4.95.